The van der Waals surface area contributed by atoms with E-state index in [2.05, 4.69) is 4.95 Å². The average Bonchev–Trinajstić information content (AvgIpc) is 2.79. The third-order valence-corrected chi connectivity index (χ3v) is 2.77. The molecular formula is C12H15N5O6. The summed E-state index contributed by atoms with van der Waals surface area (Å²) in [4.78, 5) is 55.3. The van der Waals surface area contributed by atoms with Crippen LogP contribution in [0, 0.1) is 6.57 Å². The van der Waals surface area contributed by atoms with Gasteiger partial charge in [-0.05, 0) is 20.8 Å². The summed E-state index contributed by atoms with van der Waals surface area (Å²) in [5.41, 5.74) is -3.42. The Morgan fingerprint density at radius 2 is 1.35 bits per heavy atom. The van der Waals surface area contributed by atoms with Crippen molar-refractivity contribution in [1.29, 1.82) is 0 Å². The summed E-state index contributed by atoms with van der Waals surface area (Å²) in [6.45, 7) is 12.1. The molecule has 11 nitrogen and oxygen atoms in total. The van der Waals surface area contributed by atoms with Gasteiger partial charge in [0.25, 0.3) is 0 Å². The molecule has 0 aliphatic rings. The number of aromatic nitrogens is 4. The summed E-state index contributed by atoms with van der Waals surface area (Å²) in [6.07, 6.45) is 0. The summed E-state index contributed by atoms with van der Waals surface area (Å²) in [5, 5.41) is 0. The maximum absolute atomic E-state index is 12.4. The molecule has 2 aromatic heterocycles. The highest BCUT2D eigenvalue weighted by atomic mass is 16.7. The van der Waals surface area contributed by atoms with Crippen LogP contribution in [0.5, 0.6) is 0 Å². The first kappa shape index (κ1) is 16.2. The molecule has 2 aromatic rings. The minimum Gasteiger partial charge on any atom is -0.409 e. The molecule has 0 aliphatic heterocycles. The molecule has 0 aromatic carbocycles. The Bertz CT molecular complexity index is 940. The minimum atomic E-state index is -1.04. The van der Waals surface area contributed by atoms with Crippen molar-refractivity contribution in [3.8, 4) is 0 Å². The van der Waals surface area contributed by atoms with E-state index in [1.54, 1.807) is 20.8 Å². The van der Waals surface area contributed by atoms with E-state index in [1.807, 2.05) is 0 Å². The van der Waals surface area contributed by atoms with Crippen molar-refractivity contribution in [2.75, 3.05) is 19.8 Å². The number of hydrogen-bond donors (Lipinski definition) is 0. The molecule has 0 amide bonds. The van der Waals surface area contributed by atoms with Crippen LogP contribution < -0.4 is 31.5 Å². The lowest BCUT2D eigenvalue weighted by molar-refractivity contribution is 0.0719. The number of imidazole rings is 1. The molecule has 0 saturated carbocycles. The van der Waals surface area contributed by atoms with Gasteiger partial charge >= 0.3 is 16.9 Å². The van der Waals surface area contributed by atoms with Crippen molar-refractivity contribution in [2.45, 2.75) is 20.8 Å². The molecule has 0 atom stereocenters. The molecule has 0 aliphatic carbocycles. The zero-order valence-corrected chi connectivity index (χ0v) is 12.8. The first-order valence-corrected chi connectivity index (χ1v) is 6.86. The van der Waals surface area contributed by atoms with Gasteiger partial charge in [-0.3, -0.25) is 4.79 Å². The van der Waals surface area contributed by atoms with Crippen molar-refractivity contribution in [2.24, 2.45) is 0 Å². The van der Waals surface area contributed by atoms with Crippen molar-refractivity contribution in [3.05, 3.63) is 42.8 Å². The fourth-order valence-electron chi connectivity index (χ4n) is 2.01. The number of fused-ring (bicyclic) bond motifs is 1. The van der Waals surface area contributed by atoms with Gasteiger partial charge in [-0.25, -0.2) is 9.59 Å². The molecule has 0 N–H and O–H groups in total. The Morgan fingerprint density at radius 1 is 0.870 bits per heavy atom. The van der Waals surface area contributed by atoms with Gasteiger partial charge in [0.15, 0.2) is 0 Å². The van der Waals surface area contributed by atoms with Crippen LogP contribution in [0.3, 0.4) is 0 Å². The van der Waals surface area contributed by atoms with Crippen LogP contribution in [0.15, 0.2) is 14.4 Å². The summed E-state index contributed by atoms with van der Waals surface area (Å²) in [5.74, 6) is 0. The molecule has 23 heavy (non-hydrogen) atoms. The van der Waals surface area contributed by atoms with Gasteiger partial charge in [-0.2, -0.15) is 6.57 Å². The van der Waals surface area contributed by atoms with Crippen LogP contribution in [0.1, 0.15) is 20.8 Å². The predicted octanol–water partition coefficient (Wildman–Crippen LogP) is -1.85. The van der Waals surface area contributed by atoms with E-state index in [9.17, 15) is 14.4 Å². The highest BCUT2D eigenvalue weighted by molar-refractivity contribution is 5.70. The third kappa shape index (κ3) is 2.33. The molecular weight excluding hydrogens is 310 g/mol. The Balaban J connectivity index is 3.12. The second-order valence-electron chi connectivity index (χ2n) is 4.09. The lowest BCUT2D eigenvalue weighted by atomic mass is 10.5. The fourth-order valence-corrected chi connectivity index (χ4v) is 2.01. The van der Waals surface area contributed by atoms with Crippen LogP contribution in [0.2, 0.25) is 0 Å². The Kier molecular flexibility index (Phi) is 4.44. The maximum atomic E-state index is 12.4. The second-order valence-corrected chi connectivity index (χ2v) is 4.09. The van der Waals surface area contributed by atoms with Crippen LogP contribution in [-0.4, -0.2) is 38.7 Å². The van der Waals surface area contributed by atoms with Crippen LogP contribution in [0.25, 0.3) is 16.1 Å². The van der Waals surface area contributed by atoms with Gasteiger partial charge in [0.1, 0.15) is 19.8 Å². The number of rotatable bonds is 6. The monoisotopic (exact) mass is 325 g/mol. The van der Waals surface area contributed by atoms with Crippen molar-refractivity contribution >= 4 is 11.2 Å². The second kappa shape index (κ2) is 6.30. The minimum absolute atomic E-state index is 0.0609. The van der Waals surface area contributed by atoms with E-state index in [-0.39, 0.29) is 35.7 Å². The standard InChI is InChI=1S/C12H15N5O6/c1-5-21-15-8-9(17(12(15)20)23-7-3)16(22-6-2)11(19)14(13-4)10(8)18/h5-7H2,1-3H3. The smallest absolute Gasteiger partial charge is 0.409 e. The van der Waals surface area contributed by atoms with Crippen LogP contribution >= 0.6 is 0 Å². The van der Waals surface area contributed by atoms with Gasteiger partial charge < -0.3 is 14.5 Å². The third-order valence-electron chi connectivity index (χ3n) is 2.77. The zero-order valence-electron chi connectivity index (χ0n) is 12.8. The molecule has 124 valence electrons. The maximum Gasteiger partial charge on any atom is 0.434 e. The summed E-state index contributed by atoms with van der Waals surface area (Å²) >= 11 is 0. The van der Waals surface area contributed by atoms with Crippen LogP contribution in [0.4, 0.5) is 0 Å². The predicted molar refractivity (Wildman–Crippen MR) is 78.1 cm³/mol. The number of nitrogens with zero attached hydrogens (tertiary/aromatic N) is 5. The summed E-state index contributed by atoms with van der Waals surface area (Å²) in [6, 6.07) is 0. The quantitative estimate of drug-likeness (QED) is 0.578. The van der Waals surface area contributed by atoms with Gasteiger partial charge in [0.05, 0.1) is 4.68 Å². The van der Waals surface area contributed by atoms with Gasteiger partial charge in [0.2, 0.25) is 11.2 Å². The zero-order chi connectivity index (χ0) is 17.1. The Morgan fingerprint density at radius 3 is 1.83 bits per heavy atom. The highest BCUT2D eigenvalue weighted by Crippen LogP contribution is 2.04. The largest absolute Gasteiger partial charge is 0.434 e. The van der Waals surface area contributed by atoms with Crippen LogP contribution in [-0.2, 0) is 0 Å². The molecule has 0 saturated heterocycles. The molecule has 0 fully saturated rings. The molecule has 0 radical (unpaired) electrons. The van der Waals surface area contributed by atoms with E-state index >= 15 is 0 Å². The molecule has 0 spiro atoms. The molecule has 0 bridgehead atoms. The first-order chi connectivity index (χ1) is 11.0. The van der Waals surface area contributed by atoms with Gasteiger partial charge in [-0.1, -0.05) is 0 Å². The van der Waals surface area contributed by atoms with Gasteiger partial charge in [0, 0.05) is 0 Å². The van der Waals surface area contributed by atoms with E-state index < -0.39 is 16.9 Å². The molecule has 11 heteroatoms. The average molecular weight is 325 g/mol. The molecule has 2 heterocycles. The lowest BCUT2D eigenvalue weighted by Crippen LogP contribution is -2.41. The van der Waals surface area contributed by atoms with Gasteiger partial charge in [-0.15, -0.1) is 19.1 Å². The van der Waals surface area contributed by atoms with E-state index in [4.69, 9.17) is 21.1 Å². The van der Waals surface area contributed by atoms with Crippen molar-refractivity contribution in [1.82, 2.24) is 18.9 Å². The topological polar surface area (TPSA) is 103 Å². The van der Waals surface area contributed by atoms with E-state index in [1.165, 1.54) is 0 Å². The first-order valence-electron chi connectivity index (χ1n) is 6.86. The Labute approximate surface area is 129 Å². The highest BCUT2D eigenvalue weighted by Gasteiger charge is 2.28. The lowest BCUT2D eigenvalue weighted by Gasteiger charge is -2.09. The number of hydrogen-bond acceptors (Lipinski definition) is 6. The van der Waals surface area contributed by atoms with Crippen molar-refractivity contribution in [3.63, 3.8) is 0 Å². The fraction of sp³-hybridized carbons (Fsp3) is 0.500. The van der Waals surface area contributed by atoms with E-state index in [0.29, 0.717) is 9.46 Å². The SMILES string of the molecule is [C-]#[N+]n1c(=O)c2c(n(OCC)c1=O)n(OCC)c(=O)n2OCC. The Hall–Kier alpha value is -3.16. The summed E-state index contributed by atoms with van der Waals surface area (Å²) in [7, 11) is 0. The molecule has 0 unspecified atom stereocenters. The normalized spacial score (nSPS) is 10.5. The van der Waals surface area contributed by atoms with E-state index in [0.717, 1.165) is 4.73 Å². The summed E-state index contributed by atoms with van der Waals surface area (Å²) < 4.78 is 2.34. The molecule has 2 rings (SSSR count). The van der Waals surface area contributed by atoms with Crippen molar-refractivity contribution < 1.29 is 14.5 Å².